The van der Waals surface area contributed by atoms with Crippen LogP contribution < -0.4 is 10.1 Å². The number of hydrogen-bond acceptors (Lipinski definition) is 3. The molecule has 29 heavy (non-hydrogen) atoms. The number of ether oxygens (including phenoxy) is 1. The standard InChI is InChI=1S/C23H25N3O3/c1-24-23(28)21-13-18(29-17-7-3-2-4-8-17)15-26(21)22(27)12-11-16-14-25-20-10-6-5-9-19(16)20/h2-10,14,18,21,25H,11-13,15H2,1H3,(H,24,28)/t18-,21-/m0/s1. The van der Waals surface area contributed by atoms with E-state index in [2.05, 4.69) is 16.4 Å². The fourth-order valence-corrected chi connectivity index (χ4v) is 3.99. The number of nitrogens with zero attached hydrogens (tertiary/aromatic N) is 1. The molecule has 1 aliphatic heterocycles. The van der Waals surface area contributed by atoms with Crippen LogP contribution in [0, 0.1) is 0 Å². The van der Waals surface area contributed by atoms with Crippen LogP contribution in [0.3, 0.4) is 0 Å². The molecule has 1 aromatic heterocycles. The van der Waals surface area contributed by atoms with E-state index < -0.39 is 6.04 Å². The highest BCUT2D eigenvalue weighted by molar-refractivity contribution is 5.89. The Morgan fingerprint density at radius 2 is 1.90 bits per heavy atom. The van der Waals surface area contributed by atoms with Crippen LogP contribution in [-0.2, 0) is 16.0 Å². The quantitative estimate of drug-likeness (QED) is 0.679. The minimum absolute atomic E-state index is 0.0250. The maximum absolute atomic E-state index is 13.0. The molecule has 2 N–H and O–H groups in total. The number of para-hydroxylation sites is 2. The molecule has 3 aromatic rings. The number of fused-ring (bicyclic) bond motifs is 1. The van der Waals surface area contributed by atoms with Gasteiger partial charge in [0.15, 0.2) is 0 Å². The van der Waals surface area contributed by atoms with Crippen LogP contribution in [0.15, 0.2) is 60.8 Å². The van der Waals surface area contributed by atoms with Crippen molar-refractivity contribution in [1.82, 2.24) is 15.2 Å². The molecule has 0 spiro atoms. The summed E-state index contributed by atoms with van der Waals surface area (Å²) < 4.78 is 6.01. The molecular formula is C23H25N3O3. The molecule has 2 atom stereocenters. The van der Waals surface area contributed by atoms with Crippen LogP contribution >= 0.6 is 0 Å². The maximum Gasteiger partial charge on any atom is 0.242 e. The topological polar surface area (TPSA) is 74.4 Å². The van der Waals surface area contributed by atoms with Gasteiger partial charge in [0.05, 0.1) is 6.54 Å². The average molecular weight is 391 g/mol. The largest absolute Gasteiger partial charge is 0.488 e. The summed E-state index contributed by atoms with van der Waals surface area (Å²) in [6.45, 7) is 0.416. The van der Waals surface area contributed by atoms with Crippen molar-refractivity contribution >= 4 is 22.7 Å². The predicted octanol–water partition coefficient (Wildman–Crippen LogP) is 2.89. The van der Waals surface area contributed by atoms with Crippen LogP contribution in [-0.4, -0.2) is 47.4 Å². The van der Waals surface area contributed by atoms with Crippen LogP contribution in [0.5, 0.6) is 5.75 Å². The molecular weight excluding hydrogens is 366 g/mol. The number of H-pyrrole nitrogens is 1. The number of aryl methyl sites for hydroxylation is 1. The first-order chi connectivity index (χ1) is 14.2. The summed E-state index contributed by atoms with van der Waals surface area (Å²) in [4.78, 5) is 30.3. The molecule has 2 aromatic carbocycles. The summed E-state index contributed by atoms with van der Waals surface area (Å²) in [6, 6.07) is 17.1. The molecule has 0 unspecified atom stereocenters. The van der Waals surface area contributed by atoms with Gasteiger partial charge in [0.1, 0.15) is 17.9 Å². The Labute approximate surface area is 169 Å². The molecule has 2 amide bonds. The Balaban J connectivity index is 1.44. The number of aromatic amines is 1. The van der Waals surface area contributed by atoms with E-state index in [-0.39, 0.29) is 17.9 Å². The highest BCUT2D eigenvalue weighted by Gasteiger charge is 2.40. The summed E-state index contributed by atoms with van der Waals surface area (Å²) in [7, 11) is 1.60. The van der Waals surface area contributed by atoms with E-state index in [0.717, 1.165) is 22.2 Å². The van der Waals surface area contributed by atoms with Gasteiger partial charge in [0.25, 0.3) is 0 Å². The van der Waals surface area contributed by atoms with E-state index in [1.54, 1.807) is 11.9 Å². The number of hydrogen-bond donors (Lipinski definition) is 2. The van der Waals surface area contributed by atoms with Crippen molar-refractivity contribution in [3.63, 3.8) is 0 Å². The van der Waals surface area contributed by atoms with Gasteiger partial charge in [-0.05, 0) is 30.2 Å². The van der Waals surface area contributed by atoms with Crippen LogP contribution in [0.4, 0.5) is 0 Å². The van der Waals surface area contributed by atoms with Gasteiger partial charge in [-0.1, -0.05) is 36.4 Å². The first-order valence-electron chi connectivity index (χ1n) is 9.93. The molecule has 0 aliphatic carbocycles. The normalized spacial score (nSPS) is 18.7. The minimum Gasteiger partial charge on any atom is -0.488 e. The average Bonchev–Trinajstić information content (AvgIpc) is 3.36. The van der Waals surface area contributed by atoms with Gasteiger partial charge in [-0.15, -0.1) is 0 Å². The molecule has 0 bridgehead atoms. The molecule has 150 valence electrons. The van der Waals surface area contributed by atoms with E-state index >= 15 is 0 Å². The number of carbonyl (C=O) groups is 2. The van der Waals surface area contributed by atoms with E-state index in [9.17, 15) is 9.59 Å². The second kappa shape index (κ2) is 8.39. The number of likely N-dealkylation sites (N-methyl/N-ethyl adjacent to an activating group) is 1. The van der Waals surface area contributed by atoms with Gasteiger partial charge in [0, 0.05) is 37.0 Å². The van der Waals surface area contributed by atoms with E-state index in [1.165, 1.54) is 0 Å². The van der Waals surface area contributed by atoms with Crippen molar-refractivity contribution in [2.45, 2.75) is 31.4 Å². The maximum atomic E-state index is 13.0. The third kappa shape index (κ3) is 4.11. The number of benzene rings is 2. The highest BCUT2D eigenvalue weighted by Crippen LogP contribution is 2.25. The summed E-state index contributed by atoms with van der Waals surface area (Å²) in [6.07, 6.45) is 3.24. The monoisotopic (exact) mass is 391 g/mol. The molecule has 1 fully saturated rings. The Bertz CT molecular complexity index is 999. The number of likely N-dealkylation sites (tertiary alicyclic amines) is 1. The summed E-state index contributed by atoms with van der Waals surface area (Å²) in [5.41, 5.74) is 2.18. The Morgan fingerprint density at radius 1 is 1.14 bits per heavy atom. The molecule has 4 rings (SSSR count). The molecule has 6 heteroatoms. The zero-order chi connectivity index (χ0) is 20.2. The fraction of sp³-hybridized carbons (Fsp3) is 0.304. The minimum atomic E-state index is -0.496. The van der Waals surface area contributed by atoms with Gasteiger partial charge in [-0.3, -0.25) is 9.59 Å². The number of amides is 2. The van der Waals surface area contributed by atoms with E-state index in [0.29, 0.717) is 25.8 Å². The Hall–Kier alpha value is -3.28. The number of aromatic nitrogens is 1. The van der Waals surface area contributed by atoms with Gasteiger partial charge < -0.3 is 19.9 Å². The van der Waals surface area contributed by atoms with Gasteiger partial charge >= 0.3 is 0 Å². The first-order valence-corrected chi connectivity index (χ1v) is 9.93. The zero-order valence-electron chi connectivity index (χ0n) is 16.4. The fourth-order valence-electron chi connectivity index (χ4n) is 3.99. The van der Waals surface area contributed by atoms with Gasteiger partial charge in [0.2, 0.25) is 11.8 Å². The van der Waals surface area contributed by atoms with Crippen molar-refractivity contribution < 1.29 is 14.3 Å². The molecule has 6 nitrogen and oxygen atoms in total. The molecule has 0 radical (unpaired) electrons. The van der Waals surface area contributed by atoms with Crippen molar-refractivity contribution in [3.8, 4) is 5.75 Å². The third-order valence-corrected chi connectivity index (χ3v) is 5.46. The molecule has 0 saturated carbocycles. The number of nitrogens with one attached hydrogen (secondary N) is 2. The Kier molecular flexibility index (Phi) is 5.51. The summed E-state index contributed by atoms with van der Waals surface area (Å²) in [5.74, 6) is 0.578. The Morgan fingerprint density at radius 3 is 2.69 bits per heavy atom. The SMILES string of the molecule is CNC(=O)[C@@H]1C[C@H](Oc2ccccc2)CN1C(=O)CCc1c[nH]c2ccccc12. The predicted molar refractivity (Wildman–Crippen MR) is 112 cm³/mol. The lowest BCUT2D eigenvalue weighted by Gasteiger charge is -2.23. The smallest absolute Gasteiger partial charge is 0.242 e. The van der Waals surface area contributed by atoms with Crippen LogP contribution in [0.1, 0.15) is 18.4 Å². The van der Waals surface area contributed by atoms with Crippen molar-refractivity contribution in [2.24, 2.45) is 0 Å². The summed E-state index contributed by atoms with van der Waals surface area (Å²) >= 11 is 0. The lowest BCUT2D eigenvalue weighted by atomic mass is 10.1. The van der Waals surface area contributed by atoms with E-state index in [4.69, 9.17) is 4.74 Å². The number of carbonyl (C=O) groups excluding carboxylic acids is 2. The van der Waals surface area contributed by atoms with Crippen LogP contribution in [0.25, 0.3) is 10.9 Å². The van der Waals surface area contributed by atoms with Crippen molar-refractivity contribution in [3.05, 3.63) is 66.4 Å². The second-order valence-corrected chi connectivity index (χ2v) is 7.32. The third-order valence-electron chi connectivity index (χ3n) is 5.46. The van der Waals surface area contributed by atoms with Gasteiger partial charge in [-0.2, -0.15) is 0 Å². The summed E-state index contributed by atoms with van der Waals surface area (Å²) in [5, 5.41) is 3.81. The molecule has 1 aliphatic rings. The first kappa shape index (κ1) is 19.1. The second-order valence-electron chi connectivity index (χ2n) is 7.32. The van der Waals surface area contributed by atoms with Crippen molar-refractivity contribution in [1.29, 1.82) is 0 Å². The highest BCUT2D eigenvalue weighted by atomic mass is 16.5. The van der Waals surface area contributed by atoms with Gasteiger partial charge in [-0.25, -0.2) is 0 Å². The van der Waals surface area contributed by atoms with E-state index in [1.807, 2.05) is 54.7 Å². The lowest BCUT2D eigenvalue weighted by Crippen LogP contribution is -2.45. The number of rotatable bonds is 6. The zero-order valence-corrected chi connectivity index (χ0v) is 16.4. The lowest BCUT2D eigenvalue weighted by molar-refractivity contribution is -0.138. The van der Waals surface area contributed by atoms with Crippen LogP contribution in [0.2, 0.25) is 0 Å². The molecule has 1 saturated heterocycles. The van der Waals surface area contributed by atoms with Crippen molar-refractivity contribution in [2.75, 3.05) is 13.6 Å². The molecule has 2 heterocycles.